The van der Waals surface area contributed by atoms with Crippen molar-refractivity contribution in [3.05, 3.63) is 53.1 Å². The molecule has 4 nitrogen and oxygen atoms in total. The first-order valence-electron chi connectivity index (χ1n) is 6.47. The summed E-state index contributed by atoms with van der Waals surface area (Å²) in [6, 6.07) is 11.4. The van der Waals surface area contributed by atoms with Crippen LogP contribution in [0.5, 0.6) is 0 Å². The van der Waals surface area contributed by atoms with Crippen LogP contribution in [0.15, 0.2) is 36.4 Å². The fourth-order valence-electron chi connectivity index (χ4n) is 2.06. The predicted molar refractivity (Wildman–Crippen MR) is 83.4 cm³/mol. The molecular weight excluding hydrogens is 250 g/mol. The third-order valence-corrected chi connectivity index (χ3v) is 3.19. The number of aryl methyl sites for hydroxylation is 2. The van der Waals surface area contributed by atoms with E-state index in [1.807, 2.05) is 25.1 Å². The number of hydrogen-bond acceptors (Lipinski definition) is 3. The molecule has 20 heavy (non-hydrogen) atoms. The second kappa shape index (κ2) is 5.65. The van der Waals surface area contributed by atoms with Crippen LogP contribution in [0.2, 0.25) is 0 Å². The van der Waals surface area contributed by atoms with Crippen LogP contribution in [0.3, 0.4) is 0 Å². The first kappa shape index (κ1) is 13.9. The van der Waals surface area contributed by atoms with Gasteiger partial charge in [0.25, 0.3) is 5.91 Å². The molecule has 0 aliphatic carbocycles. The third-order valence-electron chi connectivity index (χ3n) is 3.19. The Morgan fingerprint density at radius 1 is 1.05 bits per heavy atom. The van der Waals surface area contributed by atoms with Gasteiger partial charge in [-0.2, -0.15) is 0 Å². The van der Waals surface area contributed by atoms with Crippen LogP contribution in [0, 0.1) is 13.8 Å². The van der Waals surface area contributed by atoms with E-state index in [4.69, 9.17) is 5.73 Å². The topological polar surface area (TPSA) is 67.2 Å². The maximum absolute atomic E-state index is 11.5. The van der Waals surface area contributed by atoms with Crippen molar-refractivity contribution in [3.8, 4) is 0 Å². The van der Waals surface area contributed by atoms with E-state index < -0.39 is 0 Å². The standard InChI is InChI=1S/C16H19N3O/c1-10-4-6-14(11(2)8-10)19-15-7-5-12(9-13(15)17)16(20)18-3/h4-9,19H,17H2,1-3H3,(H,18,20). The van der Waals surface area contributed by atoms with Crippen LogP contribution in [-0.4, -0.2) is 13.0 Å². The minimum atomic E-state index is -0.144. The summed E-state index contributed by atoms with van der Waals surface area (Å²) in [4.78, 5) is 11.5. The van der Waals surface area contributed by atoms with Crippen molar-refractivity contribution in [2.75, 3.05) is 18.1 Å². The normalized spacial score (nSPS) is 10.2. The van der Waals surface area contributed by atoms with E-state index in [1.54, 1.807) is 19.2 Å². The lowest BCUT2D eigenvalue weighted by molar-refractivity contribution is 0.0963. The average molecular weight is 269 g/mol. The van der Waals surface area contributed by atoms with Crippen LogP contribution in [0.1, 0.15) is 21.5 Å². The molecule has 0 unspecified atom stereocenters. The number of nitrogens with two attached hydrogens (primary N) is 1. The van der Waals surface area contributed by atoms with Crippen molar-refractivity contribution in [2.24, 2.45) is 0 Å². The second-order valence-corrected chi connectivity index (χ2v) is 4.82. The summed E-state index contributed by atoms with van der Waals surface area (Å²) in [6.45, 7) is 4.10. The molecule has 2 aromatic rings. The maximum Gasteiger partial charge on any atom is 0.251 e. The number of carbonyl (C=O) groups excluding carboxylic acids is 1. The van der Waals surface area contributed by atoms with E-state index >= 15 is 0 Å². The van der Waals surface area contributed by atoms with E-state index in [1.165, 1.54) is 5.56 Å². The first-order valence-corrected chi connectivity index (χ1v) is 6.47. The number of hydrogen-bond donors (Lipinski definition) is 3. The summed E-state index contributed by atoms with van der Waals surface area (Å²) < 4.78 is 0. The number of nitrogens with one attached hydrogen (secondary N) is 2. The van der Waals surface area contributed by atoms with E-state index in [0.29, 0.717) is 11.3 Å². The van der Waals surface area contributed by atoms with E-state index in [0.717, 1.165) is 16.9 Å². The zero-order valence-electron chi connectivity index (χ0n) is 11.9. The fraction of sp³-hybridized carbons (Fsp3) is 0.188. The van der Waals surface area contributed by atoms with Crippen molar-refractivity contribution in [1.82, 2.24) is 5.32 Å². The molecule has 0 aliphatic rings. The Balaban J connectivity index is 2.28. The molecule has 0 saturated carbocycles. The minimum Gasteiger partial charge on any atom is -0.397 e. The Labute approximate surface area is 119 Å². The lowest BCUT2D eigenvalue weighted by atomic mass is 10.1. The van der Waals surface area contributed by atoms with Gasteiger partial charge in [0.15, 0.2) is 0 Å². The number of anilines is 3. The molecule has 0 bridgehead atoms. The van der Waals surface area contributed by atoms with Gasteiger partial charge in [-0.25, -0.2) is 0 Å². The second-order valence-electron chi connectivity index (χ2n) is 4.82. The van der Waals surface area contributed by atoms with Crippen LogP contribution in [0.25, 0.3) is 0 Å². The molecule has 2 rings (SSSR count). The Kier molecular flexibility index (Phi) is 3.94. The highest BCUT2D eigenvalue weighted by Crippen LogP contribution is 2.26. The van der Waals surface area contributed by atoms with Gasteiger partial charge < -0.3 is 16.4 Å². The van der Waals surface area contributed by atoms with Crippen molar-refractivity contribution in [2.45, 2.75) is 13.8 Å². The zero-order valence-corrected chi connectivity index (χ0v) is 11.9. The van der Waals surface area contributed by atoms with Gasteiger partial charge in [0.05, 0.1) is 11.4 Å². The molecule has 2 aromatic carbocycles. The van der Waals surface area contributed by atoms with Gasteiger partial charge in [0, 0.05) is 18.3 Å². The largest absolute Gasteiger partial charge is 0.397 e. The van der Waals surface area contributed by atoms with Gasteiger partial charge >= 0.3 is 0 Å². The van der Waals surface area contributed by atoms with Gasteiger partial charge in [0.2, 0.25) is 0 Å². The molecule has 0 saturated heterocycles. The molecule has 4 N–H and O–H groups in total. The molecule has 0 aliphatic heterocycles. The number of rotatable bonds is 3. The van der Waals surface area contributed by atoms with Crippen molar-refractivity contribution in [1.29, 1.82) is 0 Å². The number of nitrogen functional groups attached to an aromatic ring is 1. The summed E-state index contributed by atoms with van der Waals surface area (Å²) in [6.07, 6.45) is 0. The fourth-order valence-corrected chi connectivity index (χ4v) is 2.06. The highest BCUT2D eigenvalue weighted by atomic mass is 16.1. The molecule has 1 amide bonds. The summed E-state index contributed by atoms with van der Waals surface area (Å²) in [5.41, 5.74) is 11.3. The molecule has 4 heteroatoms. The number of amides is 1. The highest BCUT2D eigenvalue weighted by Gasteiger charge is 2.07. The molecule has 104 valence electrons. The van der Waals surface area contributed by atoms with Crippen LogP contribution < -0.4 is 16.4 Å². The smallest absolute Gasteiger partial charge is 0.251 e. The molecule has 0 aromatic heterocycles. The summed E-state index contributed by atoms with van der Waals surface area (Å²) in [5.74, 6) is -0.144. The average Bonchev–Trinajstić information content (AvgIpc) is 2.42. The highest BCUT2D eigenvalue weighted by molar-refractivity contribution is 5.96. The van der Waals surface area contributed by atoms with Crippen LogP contribution in [0.4, 0.5) is 17.1 Å². The maximum atomic E-state index is 11.5. The quantitative estimate of drug-likeness (QED) is 0.750. The molecule has 0 heterocycles. The third kappa shape index (κ3) is 2.91. The van der Waals surface area contributed by atoms with E-state index in [2.05, 4.69) is 23.6 Å². The number of benzene rings is 2. The molecular formula is C16H19N3O. The van der Waals surface area contributed by atoms with Gasteiger partial charge in [-0.05, 0) is 43.7 Å². The van der Waals surface area contributed by atoms with E-state index in [9.17, 15) is 4.79 Å². The zero-order chi connectivity index (χ0) is 14.7. The van der Waals surface area contributed by atoms with Crippen molar-refractivity contribution >= 4 is 23.0 Å². The van der Waals surface area contributed by atoms with Crippen molar-refractivity contribution < 1.29 is 4.79 Å². The Morgan fingerprint density at radius 3 is 2.35 bits per heavy atom. The van der Waals surface area contributed by atoms with Gasteiger partial charge in [-0.15, -0.1) is 0 Å². The monoisotopic (exact) mass is 269 g/mol. The lowest BCUT2D eigenvalue weighted by Crippen LogP contribution is -2.18. The van der Waals surface area contributed by atoms with Gasteiger partial charge in [0.1, 0.15) is 0 Å². The lowest BCUT2D eigenvalue weighted by Gasteiger charge is -2.13. The minimum absolute atomic E-state index is 0.144. The summed E-state index contributed by atoms with van der Waals surface area (Å²) in [5, 5.41) is 5.87. The van der Waals surface area contributed by atoms with Crippen LogP contribution in [-0.2, 0) is 0 Å². The Morgan fingerprint density at radius 2 is 1.75 bits per heavy atom. The summed E-state index contributed by atoms with van der Waals surface area (Å²) >= 11 is 0. The summed E-state index contributed by atoms with van der Waals surface area (Å²) in [7, 11) is 1.60. The van der Waals surface area contributed by atoms with Gasteiger partial charge in [-0.3, -0.25) is 4.79 Å². The Bertz CT molecular complexity index is 650. The number of carbonyl (C=O) groups is 1. The molecule has 0 radical (unpaired) electrons. The molecule has 0 fully saturated rings. The first-order chi connectivity index (χ1) is 9.51. The van der Waals surface area contributed by atoms with E-state index in [-0.39, 0.29) is 5.91 Å². The molecule has 0 spiro atoms. The van der Waals surface area contributed by atoms with Gasteiger partial charge in [-0.1, -0.05) is 17.7 Å². The predicted octanol–water partition coefficient (Wildman–Crippen LogP) is 2.99. The van der Waals surface area contributed by atoms with Crippen LogP contribution >= 0.6 is 0 Å². The van der Waals surface area contributed by atoms with Crippen molar-refractivity contribution in [3.63, 3.8) is 0 Å². The molecule has 0 atom stereocenters. The SMILES string of the molecule is CNC(=O)c1ccc(Nc2ccc(C)cc2C)c(N)c1. The Hall–Kier alpha value is -2.49.